The summed E-state index contributed by atoms with van der Waals surface area (Å²) in [5.74, 6) is -0.235. The number of carbonyl (C=O) groups excluding carboxylic acids is 2. The fraction of sp³-hybridized carbons (Fsp3) is 0.267. The third-order valence-electron chi connectivity index (χ3n) is 3.57. The molecule has 1 saturated heterocycles. The average molecular weight is 301 g/mol. The highest BCUT2D eigenvalue weighted by atomic mass is 16.5. The van der Waals surface area contributed by atoms with Crippen molar-refractivity contribution in [2.24, 2.45) is 0 Å². The van der Waals surface area contributed by atoms with Gasteiger partial charge >= 0.3 is 0 Å². The summed E-state index contributed by atoms with van der Waals surface area (Å²) in [6.07, 6.45) is 0.545. The number of morpholine rings is 1. The summed E-state index contributed by atoms with van der Waals surface area (Å²) in [6, 6.07) is 10.4. The van der Waals surface area contributed by atoms with Crippen molar-refractivity contribution < 1.29 is 18.8 Å². The first-order chi connectivity index (χ1) is 10.7. The lowest BCUT2D eigenvalue weighted by molar-refractivity contribution is -0.160. The molecule has 22 heavy (non-hydrogen) atoms. The van der Waals surface area contributed by atoms with Gasteiger partial charge in [-0.15, -0.1) is 0 Å². The Morgan fingerprint density at radius 2 is 2.09 bits per heavy atom. The largest absolute Gasteiger partial charge is 0.363 e. The smallest absolute Gasteiger partial charge is 0.257 e. The number of likely N-dealkylation sites (N-methyl/N-ethyl adjacent to an activating group) is 1. The molecule has 2 aromatic rings. The zero-order valence-electron chi connectivity index (χ0n) is 11.9. The summed E-state index contributed by atoms with van der Waals surface area (Å²) in [6.45, 7) is -0.128. The van der Waals surface area contributed by atoms with Gasteiger partial charge < -0.3 is 19.5 Å². The van der Waals surface area contributed by atoms with Crippen LogP contribution in [0.1, 0.15) is 11.6 Å². The third kappa shape index (κ3) is 2.71. The van der Waals surface area contributed by atoms with Crippen molar-refractivity contribution in [1.29, 1.82) is 0 Å². The summed E-state index contributed by atoms with van der Waals surface area (Å²) in [5, 5.41) is 6.26. The van der Waals surface area contributed by atoms with Crippen LogP contribution in [0.2, 0.25) is 0 Å². The minimum atomic E-state index is -0.818. The van der Waals surface area contributed by atoms with Crippen LogP contribution >= 0.6 is 0 Å². The zero-order valence-corrected chi connectivity index (χ0v) is 11.9. The number of hydrogen-bond donors (Lipinski definition) is 1. The highest BCUT2D eigenvalue weighted by Crippen LogP contribution is 2.29. The molecule has 0 bridgehead atoms. The number of rotatable bonds is 3. The molecule has 3 rings (SSSR count). The van der Waals surface area contributed by atoms with Crippen molar-refractivity contribution >= 4 is 17.6 Å². The molecular weight excluding hydrogens is 286 g/mol. The standard InChI is InChI=1S/C15H15N3O4/c1-18-12(19)9-21-14(13(18)10-5-3-2-4-6-10)15(20)16-11-7-8-22-17-11/h2-8,13-14H,9H2,1H3,(H,16,17,20). The van der Waals surface area contributed by atoms with Gasteiger partial charge in [-0.1, -0.05) is 35.5 Å². The van der Waals surface area contributed by atoms with Crippen LogP contribution in [-0.2, 0) is 14.3 Å². The van der Waals surface area contributed by atoms with Crippen LogP contribution in [-0.4, -0.2) is 41.6 Å². The van der Waals surface area contributed by atoms with Gasteiger partial charge in [-0.25, -0.2) is 0 Å². The number of amides is 2. The maximum absolute atomic E-state index is 12.4. The molecule has 0 spiro atoms. The van der Waals surface area contributed by atoms with E-state index in [1.807, 2.05) is 30.3 Å². The highest BCUT2D eigenvalue weighted by molar-refractivity contribution is 5.95. The Bertz CT molecular complexity index is 657. The number of ether oxygens (including phenoxy) is 1. The molecule has 0 aliphatic carbocycles. The van der Waals surface area contributed by atoms with Gasteiger partial charge in [0, 0.05) is 13.1 Å². The van der Waals surface area contributed by atoms with Crippen LogP contribution in [0, 0.1) is 0 Å². The van der Waals surface area contributed by atoms with E-state index in [1.165, 1.54) is 17.2 Å². The van der Waals surface area contributed by atoms with E-state index < -0.39 is 12.1 Å². The normalized spacial score (nSPS) is 21.7. The topological polar surface area (TPSA) is 84.7 Å². The molecule has 7 heteroatoms. The van der Waals surface area contributed by atoms with E-state index >= 15 is 0 Å². The molecule has 7 nitrogen and oxygen atoms in total. The summed E-state index contributed by atoms with van der Waals surface area (Å²) < 4.78 is 10.2. The predicted molar refractivity (Wildman–Crippen MR) is 76.8 cm³/mol. The van der Waals surface area contributed by atoms with E-state index in [0.29, 0.717) is 5.82 Å². The van der Waals surface area contributed by atoms with Crippen LogP contribution in [0.5, 0.6) is 0 Å². The molecule has 1 aromatic carbocycles. The number of nitrogens with one attached hydrogen (secondary N) is 1. The number of hydrogen-bond acceptors (Lipinski definition) is 5. The summed E-state index contributed by atoms with van der Waals surface area (Å²) in [4.78, 5) is 25.9. The quantitative estimate of drug-likeness (QED) is 0.921. The predicted octanol–water partition coefficient (Wildman–Crippen LogP) is 1.21. The number of aromatic nitrogens is 1. The fourth-order valence-electron chi connectivity index (χ4n) is 2.45. The molecule has 1 fully saturated rings. The van der Waals surface area contributed by atoms with Crippen LogP contribution in [0.25, 0.3) is 0 Å². The minimum absolute atomic E-state index is 0.128. The van der Waals surface area contributed by atoms with Gasteiger partial charge in [-0.2, -0.15) is 0 Å². The van der Waals surface area contributed by atoms with E-state index in [4.69, 9.17) is 4.74 Å². The summed E-state index contributed by atoms with van der Waals surface area (Å²) >= 11 is 0. The Kier molecular flexibility index (Phi) is 3.88. The summed E-state index contributed by atoms with van der Waals surface area (Å²) in [7, 11) is 1.67. The zero-order chi connectivity index (χ0) is 15.5. The van der Waals surface area contributed by atoms with Gasteiger partial charge in [0.2, 0.25) is 5.91 Å². The molecule has 2 amide bonds. The second kappa shape index (κ2) is 5.98. The maximum atomic E-state index is 12.4. The van der Waals surface area contributed by atoms with Crippen molar-refractivity contribution in [3.05, 3.63) is 48.2 Å². The van der Waals surface area contributed by atoms with Crippen LogP contribution < -0.4 is 5.32 Å². The molecule has 1 aromatic heterocycles. The molecule has 114 valence electrons. The molecule has 2 unspecified atom stereocenters. The number of benzene rings is 1. The van der Waals surface area contributed by atoms with E-state index in [-0.39, 0.29) is 18.4 Å². The van der Waals surface area contributed by atoms with Crippen molar-refractivity contribution in [2.45, 2.75) is 12.1 Å². The SMILES string of the molecule is CN1C(=O)COC(C(=O)Nc2ccon2)C1c1ccccc1. The lowest BCUT2D eigenvalue weighted by Gasteiger charge is -2.38. The van der Waals surface area contributed by atoms with Crippen LogP contribution in [0.4, 0.5) is 5.82 Å². The monoisotopic (exact) mass is 301 g/mol. The molecule has 1 aliphatic heterocycles. The third-order valence-corrected chi connectivity index (χ3v) is 3.57. The van der Waals surface area contributed by atoms with Gasteiger partial charge in [0.15, 0.2) is 11.9 Å². The molecule has 0 radical (unpaired) electrons. The first kappa shape index (κ1) is 14.3. The van der Waals surface area contributed by atoms with Crippen LogP contribution in [0.3, 0.4) is 0 Å². The van der Waals surface area contributed by atoms with Gasteiger partial charge in [0.25, 0.3) is 5.91 Å². The second-order valence-electron chi connectivity index (χ2n) is 4.97. The van der Waals surface area contributed by atoms with Crippen molar-refractivity contribution in [1.82, 2.24) is 10.1 Å². The highest BCUT2D eigenvalue weighted by Gasteiger charge is 2.40. The molecule has 2 heterocycles. The Balaban J connectivity index is 1.87. The first-order valence-electron chi connectivity index (χ1n) is 6.80. The van der Waals surface area contributed by atoms with Gasteiger partial charge in [-0.3, -0.25) is 9.59 Å². The Labute approximate surface area is 126 Å². The number of carbonyl (C=O) groups is 2. The van der Waals surface area contributed by atoms with Gasteiger partial charge in [0.05, 0.1) is 6.04 Å². The first-order valence-corrected chi connectivity index (χ1v) is 6.80. The lowest BCUT2D eigenvalue weighted by atomic mass is 9.97. The Morgan fingerprint density at radius 1 is 1.32 bits per heavy atom. The molecule has 2 atom stereocenters. The lowest BCUT2D eigenvalue weighted by Crippen LogP contribution is -2.51. The van der Waals surface area contributed by atoms with Crippen molar-refractivity contribution in [3.63, 3.8) is 0 Å². The van der Waals surface area contributed by atoms with E-state index in [9.17, 15) is 9.59 Å². The summed E-state index contributed by atoms with van der Waals surface area (Å²) in [5.41, 5.74) is 0.832. The van der Waals surface area contributed by atoms with Crippen molar-refractivity contribution in [3.8, 4) is 0 Å². The van der Waals surface area contributed by atoms with E-state index in [1.54, 1.807) is 7.05 Å². The van der Waals surface area contributed by atoms with E-state index in [2.05, 4.69) is 15.0 Å². The van der Waals surface area contributed by atoms with Gasteiger partial charge in [0.1, 0.15) is 12.9 Å². The molecule has 0 saturated carbocycles. The maximum Gasteiger partial charge on any atom is 0.257 e. The Morgan fingerprint density at radius 3 is 2.77 bits per heavy atom. The molecular formula is C15H15N3O4. The Hall–Kier alpha value is -2.67. The van der Waals surface area contributed by atoms with Gasteiger partial charge in [-0.05, 0) is 5.56 Å². The van der Waals surface area contributed by atoms with E-state index in [0.717, 1.165) is 5.56 Å². The number of anilines is 1. The molecule has 1 N–H and O–H groups in total. The minimum Gasteiger partial charge on any atom is -0.363 e. The fourth-order valence-corrected chi connectivity index (χ4v) is 2.45. The van der Waals surface area contributed by atoms with Crippen molar-refractivity contribution in [2.75, 3.05) is 19.0 Å². The average Bonchev–Trinajstić information content (AvgIpc) is 3.03. The second-order valence-corrected chi connectivity index (χ2v) is 4.97. The van der Waals surface area contributed by atoms with Crippen LogP contribution in [0.15, 0.2) is 47.2 Å². The molecule has 1 aliphatic rings. The number of nitrogens with zero attached hydrogens (tertiary/aromatic N) is 2.